The average molecular weight is 320 g/mol. The van der Waals surface area contributed by atoms with Crippen molar-refractivity contribution in [2.45, 2.75) is 25.5 Å². The fourth-order valence-corrected chi connectivity index (χ4v) is 2.55. The Labute approximate surface area is 124 Å². The van der Waals surface area contributed by atoms with Crippen molar-refractivity contribution in [2.24, 2.45) is 0 Å². The molecule has 0 aromatic heterocycles. The van der Waals surface area contributed by atoms with Crippen LogP contribution >= 0.6 is 11.6 Å². The van der Waals surface area contributed by atoms with E-state index in [1.54, 1.807) is 26.8 Å². The molecule has 5 nitrogen and oxygen atoms in total. The second kappa shape index (κ2) is 6.01. The predicted octanol–water partition coefficient (Wildman–Crippen LogP) is 2.29. The maximum Gasteiger partial charge on any atom is 0.341 e. The highest BCUT2D eigenvalue weighted by molar-refractivity contribution is 7.92. The maximum absolute atomic E-state index is 11.9. The number of halogens is 1. The van der Waals surface area contributed by atoms with E-state index in [4.69, 9.17) is 22.1 Å². The Morgan fingerprint density at radius 1 is 1.35 bits per heavy atom. The Bertz CT molecular complexity index is 585. The number of ether oxygens (including phenoxy) is 1. The number of sulfone groups is 1. The third kappa shape index (κ3) is 3.86. The number of nitrogens with two attached hydrogens (primary N) is 1. The molecular formula is C13H18ClNO4S. The summed E-state index contributed by atoms with van der Waals surface area (Å²) < 4.78 is 27.8. The molecule has 0 saturated heterocycles. The summed E-state index contributed by atoms with van der Waals surface area (Å²) in [5.41, 5.74) is 5.90. The number of nitrogen functional groups attached to an aromatic ring is 1. The lowest BCUT2D eigenvalue weighted by Crippen LogP contribution is -2.32. The molecule has 2 N–H and O–H groups in total. The van der Waals surface area contributed by atoms with Gasteiger partial charge < -0.3 is 10.5 Å². The largest absolute Gasteiger partial charge is 0.461 e. The van der Waals surface area contributed by atoms with Crippen molar-refractivity contribution in [1.29, 1.82) is 0 Å². The topological polar surface area (TPSA) is 86.5 Å². The standard InChI is InChI=1S/C13H18ClNO4S/c1-13(2,3)20(17,18)8-7-19-12(16)11-9(14)5-4-6-10(11)15/h4-6H,7-8,15H2,1-3H3. The number of esters is 1. The van der Waals surface area contributed by atoms with Gasteiger partial charge in [0.15, 0.2) is 9.84 Å². The molecule has 1 rings (SSSR count). The molecule has 0 atom stereocenters. The molecule has 0 saturated carbocycles. The Balaban J connectivity index is 2.71. The smallest absolute Gasteiger partial charge is 0.341 e. The fraction of sp³-hybridized carbons (Fsp3) is 0.462. The summed E-state index contributed by atoms with van der Waals surface area (Å²) in [6, 6.07) is 4.65. The predicted molar refractivity (Wildman–Crippen MR) is 79.7 cm³/mol. The summed E-state index contributed by atoms with van der Waals surface area (Å²) >= 11 is 5.87. The summed E-state index contributed by atoms with van der Waals surface area (Å²) in [6.45, 7) is 4.55. The van der Waals surface area contributed by atoms with E-state index in [-0.39, 0.29) is 28.6 Å². The van der Waals surface area contributed by atoms with E-state index in [1.807, 2.05) is 0 Å². The van der Waals surface area contributed by atoms with Gasteiger partial charge in [-0.15, -0.1) is 0 Å². The molecule has 0 fully saturated rings. The zero-order chi connectivity index (χ0) is 15.6. The van der Waals surface area contributed by atoms with Gasteiger partial charge in [0.1, 0.15) is 12.2 Å². The zero-order valence-corrected chi connectivity index (χ0v) is 13.2. The van der Waals surface area contributed by atoms with Crippen LogP contribution in [0.25, 0.3) is 0 Å². The van der Waals surface area contributed by atoms with Gasteiger partial charge in [-0.3, -0.25) is 0 Å². The number of anilines is 1. The molecule has 112 valence electrons. The molecule has 1 aromatic carbocycles. The average Bonchev–Trinajstić information content (AvgIpc) is 2.26. The van der Waals surface area contributed by atoms with Crippen LogP contribution in [0.2, 0.25) is 5.02 Å². The summed E-state index contributed by atoms with van der Waals surface area (Å²) in [4.78, 5) is 11.8. The minimum atomic E-state index is -3.34. The minimum absolute atomic E-state index is 0.0577. The van der Waals surface area contributed by atoms with Crippen molar-refractivity contribution in [3.05, 3.63) is 28.8 Å². The van der Waals surface area contributed by atoms with Crippen molar-refractivity contribution >= 4 is 33.1 Å². The molecule has 20 heavy (non-hydrogen) atoms. The van der Waals surface area contributed by atoms with E-state index in [0.29, 0.717) is 0 Å². The molecule has 0 amide bonds. The van der Waals surface area contributed by atoms with Crippen molar-refractivity contribution in [1.82, 2.24) is 0 Å². The number of hydrogen-bond donors (Lipinski definition) is 1. The first-order valence-electron chi connectivity index (χ1n) is 5.99. The highest BCUT2D eigenvalue weighted by atomic mass is 35.5. The first-order chi connectivity index (χ1) is 9.06. The van der Waals surface area contributed by atoms with Crippen molar-refractivity contribution < 1.29 is 17.9 Å². The SMILES string of the molecule is CC(C)(C)S(=O)(=O)CCOC(=O)c1c(N)cccc1Cl. The number of carbonyl (C=O) groups excluding carboxylic acids is 1. The molecular weight excluding hydrogens is 302 g/mol. The Hall–Kier alpha value is -1.27. The van der Waals surface area contributed by atoms with Gasteiger partial charge in [0.05, 0.1) is 15.5 Å². The lowest BCUT2D eigenvalue weighted by molar-refractivity contribution is 0.0530. The van der Waals surface area contributed by atoms with Crippen LogP contribution in [0.3, 0.4) is 0 Å². The molecule has 0 heterocycles. The number of hydrogen-bond acceptors (Lipinski definition) is 5. The quantitative estimate of drug-likeness (QED) is 0.679. The monoisotopic (exact) mass is 319 g/mol. The van der Waals surface area contributed by atoms with Gasteiger partial charge in [-0.25, -0.2) is 13.2 Å². The van der Waals surface area contributed by atoms with Gasteiger partial charge in [0.25, 0.3) is 0 Å². The molecule has 0 radical (unpaired) electrons. The molecule has 7 heteroatoms. The van der Waals surface area contributed by atoms with Crippen LogP contribution in [-0.4, -0.2) is 31.5 Å². The van der Waals surface area contributed by atoms with Crippen molar-refractivity contribution in [2.75, 3.05) is 18.1 Å². The van der Waals surface area contributed by atoms with Crippen LogP contribution in [0.15, 0.2) is 18.2 Å². The van der Waals surface area contributed by atoms with Crippen LogP contribution in [0.4, 0.5) is 5.69 Å². The second-order valence-electron chi connectivity index (χ2n) is 5.27. The van der Waals surface area contributed by atoms with Crippen LogP contribution in [0.5, 0.6) is 0 Å². The van der Waals surface area contributed by atoms with Gasteiger partial charge in [0.2, 0.25) is 0 Å². The van der Waals surface area contributed by atoms with Gasteiger partial charge in [-0.1, -0.05) is 17.7 Å². The first-order valence-corrected chi connectivity index (χ1v) is 8.02. The van der Waals surface area contributed by atoms with E-state index in [2.05, 4.69) is 0 Å². The van der Waals surface area contributed by atoms with Gasteiger partial charge in [-0.05, 0) is 32.9 Å². The Morgan fingerprint density at radius 2 is 1.95 bits per heavy atom. The van der Waals surface area contributed by atoms with Gasteiger partial charge in [-0.2, -0.15) is 0 Å². The molecule has 0 aliphatic heterocycles. The summed E-state index contributed by atoms with van der Waals surface area (Å²) in [5.74, 6) is -0.968. The van der Waals surface area contributed by atoms with E-state index >= 15 is 0 Å². The first kappa shape index (κ1) is 16.8. The second-order valence-corrected chi connectivity index (χ2v) is 8.54. The van der Waals surface area contributed by atoms with E-state index in [9.17, 15) is 13.2 Å². The van der Waals surface area contributed by atoms with Crippen LogP contribution in [-0.2, 0) is 14.6 Å². The molecule has 0 aliphatic carbocycles. The fourth-order valence-electron chi connectivity index (χ4n) is 1.38. The molecule has 0 unspecified atom stereocenters. The molecule has 0 aliphatic rings. The van der Waals surface area contributed by atoms with Crippen molar-refractivity contribution in [3.8, 4) is 0 Å². The Morgan fingerprint density at radius 3 is 2.45 bits per heavy atom. The Kier molecular flexibility index (Phi) is 5.05. The van der Waals surface area contributed by atoms with E-state index in [0.717, 1.165) is 0 Å². The lowest BCUT2D eigenvalue weighted by atomic mass is 10.2. The van der Waals surface area contributed by atoms with Crippen molar-refractivity contribution in [3.63, 3.8) is 0 Å². The number of benzene rings is 1. The molecule has 0 bridgehead atoms. The number of rotatable bonds is 4. The zero-order valence-electron chi connectivity index (χ0n) is 11.6. The third-order valence-corrected chi connectivity index (χ3v) is 5.65. The minimum Gasteiger partial charge on any atom is -0.461 e. The summed E-state index contributed by atoms with van der Waals surface area (Å²) in [5, 5.41) is 0.175. The molecule has 1 aromatic rings. The van der Waals surface area contributed by atoms with E-state index < -0.39 is 20.6 Å². The van der Waals surface area contributed by atoms with Gasteiger partial charge in [0, 0.05) is 5.69 Å². The van der Waals surface area contributed by atoms with E-state index in [1.165, 1.54) is 12.1 Å². The maximum atomic E-state index is 11.9. The summed E-state index contributed by atoms with van der Waals surface area (Å²) in [7, 11) is -3.34. The highest BCUT2D eigenvalue weighted by Gasteiger charge is 2.29. The van der Waals surface area contributed by atoms with Gasteiger partial charge >= 0.3 is 5.97 Å². The normalized spacial score (nSPS) is 12.2. The van der Waals surface area contributed by atoms with Crippen LogP contribution in [0.1, 0.15) is 31.1 Å². The molecule has 0 spiro atoms. The highest BCUT2D eigenvalue weighted by Crippen LogP contribution is 2.23. The third-order valence-electron chi connectivity index (χ3n) is 2.77. The van der Waals surface area contributed by atoms with Crippen LogP contribution in [0, 0.1) is 0 Å². The lowest BCUT2D eigenvalue weighted by Gasteiger charge is -2.19. The van der Waals surface area contributed by atoms with Crippen LogP contribution < -0.4 is 5.73 Å². The number of carbonyl (C=O) groups is 1. The summed E-state index contributed by atoms with van der Waals surface area (Å²) in [6.07, 6.45) is 0.